The molecule has 0 atom stereocenters. The molecular weight excluding hydrogens is 390 g/mol. The number of aliphatic hydroxyl groups is 1. The lowest BCUT2D eigenvalue weighted by Crippen LogP contribution is -2.07. The summed E-state index contributed by atoms with van der Waals surface area (Å²) in [5, 5.41) is 19.6. The predicted octanol–water partition coefficient (Wildman–Crippen LogP) is 5.34. The van der Waals surface area contributed by atoms with Gasteiger partial charge in [-0.2, -0.15) is 5.26 Å². The third-order valence-electron chi connectivity index (χ3n) is 4.96. The number of benzene rings is 2. The van der Waals surface area contributed by atoms with E-state index in [1.165, 1.54) is 5.56 Å². The van der Waals surface area contributed by atoms with Crippen LogP contribution in [0.15, 0.2) is 53.6 Å². The second-order valence-electron chi connectivity index (χ2n) is 7.21. The fourth-order valence-corrected chi connectivity index (χ4v) is 4.30. The smallest absolute Gasteiger partial charge is 0.126 e. The zero-order chi connectivity index (χ0) is 21.3. The first-order valence-corrected chi connectivity index (χ1v) is 11.3. The normalized spacial score (nSPS) is 10.7. The SMILES string of the molecule is CCCCc1nc(C)nc(SCCO)c1Cc1ccc(-c2ccccc2C#N)cc1. The second-order valence-corrected chi connectivity index (χ2v) is 8.29. The molecule has 2 aromatic carbocycles. The Labute approximate surface area is 183 Å². The second kappa shape index (κ2) is 10.9. The molecule has 0 saturated carbocycles. The zero-order valence-electron chi connectivity index (χ0n) is 17.6. The van der Waals surface area contributed by atoms with Crippen molar-refractivity contribution in [2.75, 3.05) is 12.4 Å². The maximum absolute atomic E-state index is 9.37. The molecule has 0 amide bonds. The molecule has 1 heterocycles. The first-order chi connectivity index (χ1) is 14.7. The molecule has 3 rings (SSSR count). The van der Waals surface area contributed by atoms with Crippen LogP contribution >= 0.6 is 11.8 Å². The summed E-state index contributed by atoms with van der Waals surface area (Å²) in [5.74, 6) is 1.41. The van der Waals surface area contributed by atoms with E-state index in [1.807, 2.05) is 31.2 Å². The van der Waals surface area contributed by atoms with Crippen LogP contribution in [-0.2, 0) is 12.8 Å². The van der Waals surface area contributed by atoms with E-state index < -0.39 is 0 Å². The van der Waals surface area contributed by atoms with E-state index >= 15 is 0 Å². The highest BCUT2D eigenvalue weighted by atomic mass is 32.2. The van der Waals surface area contributed by atoms with Gasteiger partial charge in [-0.15, -0.1) is 11.8 Å². The van der Waals surface area contributed by atoms with Gasteiger partial charge in [0.25, 0.3) is 0 Å². The van der Waals surface area contributed by atoms with Crippen LogP contribution in [0.25, 0.3) is 11.1 Å². The van der Waals surface area contributed by atoms with Gasteiger partial charge in [0, 0.05) is 23.4 Å². The van der Waals surface area contributed by atoms with Crippen LogP contribution in [0.5, 0.6) is 0 Å². The average molecular weight is 418 g/mol. The highest BCUT2D eigenvalue weighted by molar-refractivity contribution is 7.99. The summed E-state index contributed by atoms with van der Waals surface area (Å²) in [4.78, 5) is 9.41. The van der Waals surface area contributed by atoms with Crippen LogP contribution in [0.2, 0.25) is 0 Å². The van der Waals surface area contributed by atoms with Crippen molar-refractivity contribution in [3.05, 3.63) is 76.7 Å². The van der Waals surface area contributed by atoms with Gasteiger partial charge in [0.2, 0.25) is 0 Å². The molecule has 5 heteroatoms. The summed E-state index contributed by atoms with van der Waals surface area (Å²) in [6.45, 7) is 4.25. The van der Waals surface area contributed by atoms with Gasteiger partial charge in [-0.1, -0.05) is 55.8 Å². The Morgan fingerprint density at radius 1 is 1.07 bits per heavy atom. The van der Waals surface area contributed by atoms with Crippen molar-refractivity contribution in [3.63, 3.8) is 0 Å². The third-order valence-corrected chi connectivity index (χ3v) is 5.95. The lowest BCUT2D eigenvalue weighted by molar-refractivity contribution is 0.322. The minimum Gasteiger partial charge on any atom is -0.396 e. The number of nitriles is 1. The summed E-state index contributed by atoms with van der Waals surface area (Å²) in [7, 11) is 0. The quantitative estimate of drug-likeness (QED) is 0.376. The van der Waals surface area contributed by atoms with Crippen LogP contribution in [0, 0.1) is 18.3 Å². The van der Waals surface area contributed by atoms with Crippen LogP contribution in [0.1, 0.15) is 48.0 Å². The molecule has 4 nitrogen and oxygen atoms in total. The van der Waals surface area contributed by atoms with Crippen LogP contribution in [0.4, 0.5) is 0 Å². The van der Waals surface area contributed by atoms with Crippen molar-refractivity contribution in [2.24, 2.45) is 0 Å². The number of aromatic nitrogens is 2. The molecule has 0 aliphatic heterocycles. The van der Waals surface area contributed by atoms with E-state index in [-0.39, 0.29) is 6.61 Å². The molecule has 3 aromatic rings. The number of unbranched alkanes of at least 4 members (excludes halogenated alkanes) is 1. The first kappa shape index (κ1) is 22.0. The van der Waals surface area contributed by atoms with Gasteiger partial charge in [-0.25, -0.2) is 9.97 Å². The van der Waals surface area contributed by atoms with Crippen LogP contribution in [-0.4, -0.2) is 27.4 Å². The minimum atomic E-state index is 0.129. The Kier molecular flexibility index (Phi) is 8.01. The molecule has 0 aliphatic carbocycles. The average Bonchev–Trinajstić information content (AvgIpc) is 2.78. The molecule has 30 heavy (non-hydrogen) atoms. The van der Waals surface area contributed by atoms with Crippen molar-refractivity contribution < 1.29 is 5.11 Å². The molecule has 1 aromatic heterocycles. The van der Waals surface area contributed by atoms with Gasteiger partial charge >= 0.3 is 0 Å². The Balaban J connectivity index is 1.92. The monoisotopic (exact) mass is 417 g/mol. The van der Waals surface area contributed by atoms with Crippen molar-refractivity contribution in [1.82, 2.24) is 9.97 Å². The topological polar surface area (TPSA) is 69.8 Å². The summed E-state index contributed by atoms with van der Waals surface area (Å²) >= 11 is 1.60. The van der Waals surface area contributed by atoms with Gasteiger partial charge in [0.1, 0.15) is 10.9 Å². The fourth-order valence-electron chi connectivity index (χ4n) is 3.45. The number of rotatable bonds is 9. The summed E-state index contributed by atoms with van der Waals surface area (Å²) in [6.07, 6.45) is 3.91. The van der Waals surface area contributed by atoms with Gasteiger partial charge in [0.05, 0.1) is 18.2 Å². The summed E-state index contributed by atoms with van der Waals surface area (Å²) in [5.41, 5.74) is 6.14. The van der Waals surface area contributed by atoms with Crippen molar-refractivity contribution in [2.45, 2.75) is 44.6 Å². The predicted molar refractivity (Wildman–Crippen MR) is 123 cm³/mol. The number of aliphatic hydroxyl groups excluding tert-OH is 1. The van der Waals surface area contributed by atoms with E-state index in [0.717, 1.165) is 58.9 Å². The van der Waals surface area contributed by atoms with E-state index in [0.29, 0.717) is 11.3 Å². The molecule has 1 N–H and O–H groups in total. The molecule has 0 unspecified atom stereocenters. The molecular formula is C25H27N3OS. The van der Waals surface area contributed by atoms with Crippen LogP contribution in [0.3, 0.4) is 0 Å². The number of nitrogens with zero attached hydrogens (tertiary/aromatic N) is 3. The Bertz CT molecular complexity index is 996. The highest BCUT2D eigenvalue weighted by Crippen LogP contribution is 2.28. The van der Waals surface area contributed by atoms with Crippen molar-refractivity contribution in [1.29, 1.82) is 5.26 Å². The summed E-state index contributed by atoms with van der Waals surface area (Å²) < 4.78 is 0. The maximum atomic E-state index is 9.37. The first-order valence-electron chi connectivity index (χ1n) is 10.3. The van der Waals surface area contributed by atoms with Gasteiger partial charge in [-0.05, 0) is 42.5 Å². The molecule has 0 fully saturated rings. The Hall–Kier alpha value is -2.68. The summed E-state index contributed by atoms with van der Waals surface area (Å²) in [6, 6.07) is 18.3. The van der Waals surface area contributed by atoms with Crippen LogP contribution < -0.4 is 0 Å². The molecule has 154 valence electrons. The number of hydrogen-bond acceptors (Lipinski definition) is 5. The molecule has 0 saturated heterocycles. The van der Waals surface area contributed by atoms with Gasteiger partial charge < -0.3 is 5.11 Å². The number of hydrogen-bond donors (Lipinski definition) is 1. The lowest BCUT2D eigenvalue weighted by atomic mass is 9.97. The lowest BCUT2D eigenvalue weighted by Gasteiger charge is -2.15. The molecule has 0 spiro atoms. The standard InChI is InChI=1S/C25H27N3OS/c1-3-4-9-24-23(25(30-15-14-29)28-18(2)27-24)16-19-10-12-20(13-11-19)22-8-6-5-7-21(22)17-26/h5-8,10-13,29H,3-4,9,14-16H2,1-2H3. The molecule has 0 radical (unpaired) electrons. The van der Waals surface area contributed by atoms with Gasteiger partial charge in [0.15, 0.2) is 0 Å². The van der Waals surface area contributed by atoms with E-state index in [2.05, 4.69) is 42.2 Å². The fraction of sp³-hybridized carbons (Fsp3) is 0.320. The zero-order valence-corrected chi connectivity index (χ0v) is 18.4. The van der Waals surface area contributed by atoms with E-state index in [9.17, 15) is 10.4 Å². The van der Waals surface area contributed by atoms with Crippen molar-refractivity contribution >= 4 is 11.8 Å². The molecule has 0 aliphatic rings. The maximum Gasteiger partial charge on any atom is 0.126 e. The molecule has 0 bridgehead atoms. The largest absolute Gasteiger partial charge is 0.396 e. The minimum absolute atomic E-state index is 0.129. The van der Waals surface area contributed by atoms with Crippen molar-refractivity contribution in [3.8, 4) is 17.2 Å². The highest BCUT2D eigenvalue weighted by Gasteiger charge is 2.14. The van der Waals surface area contributed by atoms with Gasteiger partial charge in [-0.3, -0.25) is 0 Å². The number of thioether (sulfide) groups is 1. The third kappa shape index (κ3) is 5.47. The van der Waals surface area contributed by atoms with E-state index in [1.54, 1.807) is 11.8 Å². The van der Waals surface area contributed by atoms with E-state index in [4.69, 9.17) is 4.98 Å². The Morgan fingerprint density at radius 3 is 2.53 bits per heavy atom. The Morgan fingerprint density at radius 2 is 1.83 bits per heavy atom. The number of aryl methyl sites for hydroxylation is 2.